The summed E-state index contributed by atoms with van der Waals surface area (Å²) in [6.45, 7) is 2.01. The number of rotatable bonds is 3. The fourth-order valence-electron chi connectivity index (χ4n) is 4.44. The Morgan fingerprint density at radius 3 is 2.66 bits per heavy atom. The van der Waals surface area contributed by atoms with Gasteiger partial charge >= 0.3 is 0 Å². The van der Waals surface area contributed by atoms with Crippen LogP contribution in [0.25, 0.3) is 11.1 Å². The first kappa shape index (κ1) is 16.7. The molecule has 3 aromatic rings. The molecule has 6 rings (SSSR count). The largest absolute Gasteiger partial charge is 0.486 e. The highest BCUT2D eigenvalue weighted by atomic mass is 16.6. The maximum atomic E-state index is 12.7. The highest BCUT2D eigenvalue weighted by Crippen LogP contribution is 2.49. The third kappa shape index (κ3) is 2.64. The Morgan fingerprint density at radius 1 is 1.03 bits per heavy atom. The summed E-state index contributed by atoms with van der Waals surface area (Å²) in [5.41, 5.74) is 2.97. The van der Waals surface area contributed by atoms with Crippen molar-refractivity contribution in [2.24, 2.45) is 0 Å². The summed E-state index contributed by atoms with van der Waals surface area (Å²) in [6, 6.07) is 11.4. The molecule has 0 atom stereocenters. The lowest BCUT2D eigenvalue weighted by Gasteiger charge is -2.57. The van der Waals surface area contributed by atoms with E-state index < -0.39 is 0 Å². The summed E-state index contributed by atoms with van der Waals surface area (Å²) < 4.78 is 17.1. The first-order valence-corrected chi connectivity index (χ1v) is 10.1. The van der Waals surface area contributed by atoms with E-state index in [1.807, 2.05) is 18.2 Å². The number of hydrogen-bond acceptors (Lipinski definition) is 6. The molecule has 2 aromatic carbocycles. The molecule has 0 bridgehead atoms. The van der Waals surface area contributed by atoms with E-state index >= 15 is 0 Å². The van der Waals surface area contributed by atoms with Crippen molar-refractivity contribution >= 4 is 28.7 Å². The van der Waals surface area contributed by atoms with Crippen molar-refractivity contribution in [3.63, 3.8) is 0 Å². The maximum absolute atomic E-state index is 12.7. The number of ether oxygens (including phenoxy) is 2. The quantitative estimate of drug-likeness (QED) is 0.728. The SMILES string of the molecule is O=C(Nc1ccc2oc(N3CCC34CCC4)nc2c1)c1ccc2c(c1)OCCO2. The summed E-state index contributed by atoms with van der Waals surface area (Å²) in [4.78, 5) is 19.7. The average Bonchev–Trinajstić information content (AvgIpc) is 3.07. The number of fused-ring (bicyclic) bond motifs is 2. The van der Waals surface area contributed by atoms with Crippen molar-refractivity contribution in [2.45, 2.75) is 31.2 Å². The molecule has 7 heteroatoms. The van der Waals surface area contributed by atoms with Crippen LogP contribution in [0, 0.1) is 0 Å². The Bertz CT molecular complexity index is 1110. The predicted molar refractivity (Wildman–Crippen MR) is 108 cm³/mol. The summed E-state index contributed by atoms with van der Waals surface area (Å²) in [6.07, 6.45) is 4.96. The van der Waals surface area contributed by atoms with Crippen molar-refractivity contribution in [1.29, 1.82) is 0 Å². The van der Waals surface area contributed by atoms with Gasteiger partial charge < -0.3 is 24.1 Å². The highest BCUT2D eigenvalue weighted by Gasteiger charge is 2.50. The lowest BCUT2D eigenvalue weighted by molar-refractivity contribution is 0.102. The molecule has 2 aliphatic heterocycles. The summed E-state index contributed by atoms with van der Waals surface area (Å²) in [7, 11) is 0. The zero-order chi connectivity index (χ0) is 19.4. The van der Waals surface area contributed by atoms with Gasteiger partial charge in [0, 0.05) is 23.3 Å². The molecule has 148 valence electrons. The third-order valence-electron chi connectivity index (χ3n) is 6.33. The number of benzene rings is 2. The van der Waals surface area contributed by atoms with Gasteiger partial charge in [0.25, 0.3) is 11.9 Å². The Hall–Kier alpha value is -3.22. The minimum absolute atomic E-state index is 0.207. The smallest absolute Gasteiger partial charge is 0.298 e. The maximum Gasteiger partial charge on any atom is 0.298 e. The van der Waals surface area contributed by atoms with E-state index in [4.69, 9.17) is 13.9 Å². The number of hydrogen-bond donors (Lipinski definition) is 1. The molecule has 1 aliphatic carbocycles. The van der Waals surface area contributed by atoms with Crippen LogP contribution < -0.4 is 19.7 Å². The molecule has 0 unspecified atom stereocenters. The van der Waals surface area contributed by atoms with Crippen LogP contribution in [0.15, 0.2) is 40.8 Å². The van der Waals surface area contributed by atoms with Gasteiger partial charge in [0.1, 0.15) is 18.7 Å². The number of aromatic nitrogens is 1. The first-order valence-electron chi connectivity index (χ1n) is 10.1. The lowest BCUT2D eigenvalue weighted by Crippen LogP contribution is -2.64. The van der Waals surface area contributed by atoms with Gasteiger partial charge in [-0.25, -0.2) is 0 Å². The van der Waals surface area contributed by atoms with Crippen LogP contribution in [0.3, 0.4) is 0 Å². The molecule has 7 nitrogen and oxygen atoms in total. The zero-order valence-electron chi connectivity index (χ0n) is 15.9. The van der Waals surface area contributed by atoms with E-state index in [-0.39, 0.29) is 11.4 Å². The monoisotopic (exact) mass is 391 g/mol. The number of carbonyl (C=O) groups excluding carboxylic acids is 1. The normalized spacial score (nSPS) is 19.0. The summed E-state index contributed by atoms with van der Waals surface area (Å²) in [5, 5.41) is 2.93. The molecule has 1 N–H and O–H groups in total. The van der Waals surface area contributed by atoms with Gasteiger partial charge in [-0.2, -0.15) is 4.98 Å². The molecule has 3 aliphatic rings. The topological polar surface area (TPSA) is 76.8 Å². The van der Waals surface area contributed by atoms with E-state index in [1.165, 1.54) is 25.7 Å². The van der Waals surface area contributed by atoms with Crippen LogP contribution in [-0.4, -0.2) is 36.2 Å². The van der Waals surface area contributed by atoms with Gasteiger partial charge in [0.15, 0.2) is 17.1 Å². The standard InChI is InChI=1S/C22H21N3O4/c26-20(14-2-4-18-19(12-14)28-11-10-27-18)23-15-3-5-17-16(13-15)24-21(29-17)25-9-8-22(25)6-1-7-22/h2-5,12-13H,1,6-11H2,(H,23,26). The molecule has 0 radical (unpaired) electrons. The van der Waals surface area contributed by atoms with Crippen LogP contribution in [0.5, 0.6) is 11.5 Å². The van der Waals surface area contributed by atoms with E-state index in [0.717, 1.165) is 17.6 Å². The minimum Gasteiger partial charge on any atom is -0.486 e. The number of anilines is 2. The molecule has 1 aromatic heterocycles. The fraction of sp³-hybridized carbons (Fsp3) is 0.364. The van der Waals surface area contributed by atoms with Gasteiger partial charge in [-0.1, -0.05) is 0 Å². The van der Waals surface area contributed by atoms with Gasteiger partial charge in [-0.15, -0.1) is 0 Å². The van der Waals surface area contributed by atoms with Crippen molar-refractivity contribution in [3.8, 4) is 11.5 Å². The second-order valence-electron chi connectivity index (χ2n) is 7.97. The number of amides is 1. The highest BCUT2D eigenvalue weighted by molar-refractivity contribution is 6.05. The van der Waals surface area contributed by atoms with Gasteiger partial charge in [0.05, 0.1) is 0 Å². The van der Waals surface area contributed by atoms with Gasteiger partial charge in [-0.05, 0) is 62.1 Å². The van der Waals surface area contributed by atoms with Crippen LogP contribution in [0.2, 0.25) is 0 Å². The third-order valence-corrected chi connectivity index (χ3v) is 6.33. The number of nitrogens with zero attached hydrogens (tertiary/aromatic N) is 2. The van der Waals surface area contributed by atoms with E-state index in [9.17, 15) is 4.79 Å². The molecule has 1 spiro atoms. The Morgan fingerprint density at radius 2 is 1.90 bits per heavy atom. The molecule has 1 amide bonds. The molecule has 1 saturated heterocycles. The Labute approximate surface area is 167 Å². The number of carbonyl (C=O) groups is 1. The molecule has 1 saturated carbocycles. The average molecular weight is 391 g/mol. The van der Waals surface area contributed by atoms with Crippen LogP contribution in [0.4, 0.5) is 11.7 Å². The molecule has 3 heterocycles. The molecule has 29 heavy (non-hydrogen) atoms. The number of nitrogens with one attached hydrogen (secondary N) is 1. The zero-order valence-corrected chi connectivity index (χ0v) is 15.9. The molecule has 2 fully saturated rings. The predicted octanol–water partition coefficient (Wildman–Crippen LogP) is 3.98. The minimum atomic E-state index is -0.207. The molecular weight excluding hydrogens is 370 g/mol. The van der Waals surface area contributed by atoms with Crippen molar-refractivity contribution in [1.82, 2.24) is 4.98 Å². The Kier molecular flexibility index (Phi) is 3.54. The van der Waals surface area contributed by atoms with Crippen LogP contribution >= 0.6 is 0 Å². The first-order chi connectivity index (χ1) is 14.2. The summed E-state index contributed by atoms with van der Waals surface area (Å²) in [5.74, 6) is 1.06. The number of oxazole rings is 1. The summed E-state index contributed by atoms with van der Waals surface area (Å²) >= 11 is 0. The Balaban J connectivity index is 1.23. The van der Waals surface area contributed by atoms with Crippen molar-refractivity contribution in [2.75, 3.05) is 30.0 Å². The fourth-order valence-corrected chi connectivity index (χ4v) is 4.44. The van der Waals surface area contributed by atoms with E-state index in [1.54, 1.807) is 18.2 Å². The second kappa shape index (κ2) is 6.14. The van der Waals surface area contributed by atoms with Crippen LogP contribution in [-0.2, 0) is 0 Å². The molecular formula is C22H21N3O4. The van der Waals surface area contributed by atoms with Crippen LogP contribution in [0.1, 0.15) is 36.0 Å². The van der Waals surface area contributed by atoms with Crippen molar-refractivity contribution < 1.29 is 18.7 Å². The second-order valence-corrected chi connectivity index (χ2v) is 7.97. The van der Waals surface area contributed by atoms with E-state index in [0.29, 0.717) is 42.0 Å². The van der Waals surface area contributed by atoms with E-state index in [2.05, 4.69) is 15.2 Å². The van der Waals surface area contributed by atoms with Crippen molar-refractivity contribution in [3.05, 3.63) is 42.0 Å². The lowest BCUT2D eigenvalue weighted by atomic mass is 9.68. The van der Waals surface area contributed by atoms with Gasteiger partial charge in [-0.3, -0.25) is 4.79 Å². The van der Waals surface area contributed by atoms with Gasteiger partial charge in [0.2, 0.25) is 0 Å².